The molecular formula is C22H25N3O3S2. The van der Waals surface area contributed by atoms with Crippen LogP contribution in [0, 0.1) is 6.92 Å². The zero-order chi connectivity index (χ0) is 21.5. The number of hydrogen-bond donors (Lipinski definition) is 0. The molecule has 0 unspecified atom stereocenters. The second-order valence-electron chi connectivity index (χ2n) is 8.03. The van der Waals surface area contributed by atoms with E-state index in [4.69, 9.17) is 0 Å². The number of aliphatic imine (C=N–C) groups is 1. The second kappa shape index (κ2) is 8.07. The molecule has 0 aromatic heterocycles. The van der Waals surface area contributed by atoms with Gasteiger partial charge in [-0.15, -0.1) is 0 Å². The number of amides is 1. The lowest BCUT2D eigenvalue weighted by molar-refractivity contribution is -0.117. The molecule has 0 radical (unpaired) electrons. The monoisotopic (exact) mass is 443 g/mol. The zero-order valence-corrected chi connectivity index (χ0v) is 18.9. The maximum atomic E-state index is 12.7. The minimum Gasteiger partial charge on any atom is -0.378 e. The third-order valence-corrected chi connectivity index (χ3v) is 8.62. The van der Waals surface area contributed by atoms with Gasteiger partial charge >= 0.3 is 0 Å². The molecule has 1 amide bonds. The summed E-state index contributed by atoms with van der Waals surface area (Å²) in [5.74, 6) is -0.00971. The Bertz CT molecular complexity index is 1080. The first-order valence-corrected chi connectivity index (χ1v) is 12.5. The molecule has 2 aliphatic rings. The molecule has 158 valence electrons. The molecular weight excluding hydrogens is 418 g/mol. The third kappa shape index (κ3) is 4.39. The fourth-order valence-electron chi connectivity index (χ4n) is 3.80. The molecule has 8 heteroatoms. The van der Waals surface area contributed by atoms with Crippen LogP contribution in [0.1, 0.15) is 11.1 Å². The van der Waals surface area contributed by atoms with Crippen LogP contribution in [0.15, 0.2) is 53.5 Å². The first-order chi connectivity index (χ1) is 14.2. The summed E-state index contributed by atoms with van der Waals surface area (Å²) in [5.41, 5.74) is 3.97. The molecule has 0 saturated carbocycles. The number of hydrogen-bond acceptors (Lipinski definition) is 5. The highest BCUT2D eigenvalue weighted by Gasteiger charge is 2.49. The summed E-state index contributed by atoms with van der Waals surface area (Å²) in [6.07, 6.45) is 0.228. The van der Waals surface area contributed by atoms with Gasteiger partial charge in [-0.3, -0.25) is 4.79 Å². The Balaban J connectivity index is 1.62. The summed E-state index contributed by atoms with van der Waals surface area (Å²) in [6.45, 7) is 2.01. The standard InChI is InChI=1S/C22H25N3O3S2/c1-15-4-6-16(7-5-15)12-21(26)23-22-25(18-10-8-17(9-11-18)24(2)3)19-13-30(27,28)14-20(19)29-22/h4-11,19-20H,12-14H2,1-3H3/t19-,20-/m1/s1. The Morgan fingerprint density at radius 1 is 1.10 bits per heavy atom. The van der Waals surface area contributed by atoms with E-state index in [9.17, 15) is 13.2 Å². The number of nitrogens with zero attached hydrogens (tertiary/aromatic N) is 3. The fraction of sp³-hybridized carbons (Fsp3) is 0.364. The first kappa shape index (κ1) is 20.9. The Morgan fingerprint density at radius 3 is 2.40 bits per heavy atom. The molecule has 30 heavy (non-hydrogen) atoms. The number of benzene rings is 2. The predicted octanol–water partition coefficient (Wildman–Crippen LogP) is 2.91. The summed E-state index contributed by atoms with van der Waals surface area (Å²) in [7, 11) is 0.855. The molecule has 2 saturated heterocycles. The summed E-state index contributed by atoms with van der Waals surface area (Å²) in [6, 6.07) is 15.5. The zero-order valence-electron chi connectivity index (χ0n) is 17.3. The number of rotatable bonds is 4. The Labute approximate surface area is 181 Å². The number of anilines is 2. The minimum absolute atomic E-state index is 0.0886. The maximum Gasteiger partial charge on any atom is 0.252 e. The molecule has 0 aliphatic carbocycles. The molecule has 2 aromatic rings. The van der Waals surface area contributed by atoms with Crippen molar-refractivity contribution in [2.75, 3.05) is 35.4 Å². The van der Waals surface area contributed by atoms with Gasteiger partial charge in [-0.2, -0.15) is 4.99 Å². The van der Waals surface area contributed by atoms with E-state index in [-0.39, 0.29) is 35.1 Å². The van der Waals surface area contributed by atoms with E-state index < -0.39 is 9.84 Å². The maximum absolute atomic E-state index is 12.7. The van der Waals surface area contributed by atoms with Crippen molar-refractivity contribution in [1.29, 1.82) is 0 Å². The van der Waals surface area contributed by atoms with E-state index in [2.05, 4.69) is 4.99 Å². The quantitative estimate of drug-likeness (QED) is 0.724. The summed E-state index contributed by atoms with van der Waals surface area (Å²) in [4.78, 5) is 21.0. The van der Waals surface area contributed by atoms with Crippen molar-refractivity contribution in [2.45, 2.75) is 24.6 Å². The molecule has 2 heterocycles. The van der Waals surface area contributed by atoms with Crippen LogP contribution in [-0.2, 0) is 21.1 Å². The van der Waals surface area contributed by atoms with Gasteiger partial charge < -0.3 is 9.80 Å². The number of thioether (sulfide) groups is 1. The Kier molecular flexibility index (Phi) is 5.63. The van der Waals surface area contributed by atoms with Gasteiger partial charge in [0.05, 0.1) is 24.0 Å². The van der Waals surface area contributed by atoms with Crippen LogP contribution in [0.3, 0.4) is 0 Å². The van der Waals surface area contributed by atoms with E-state index in [0.717, 1.165) is 22.5 Å². The van der Waals surface area contributed by atoms with Crippen molar-refractivity contribution in [3.63, 3.8) is 0 Å². The highest BCUT2D eigenvalue weighted by atomic mass is 32.2. The number of aryl methyl sites for hydroxylation is 1. The average molecular weight is 444 g/mol. The molecule has 0 bridgehead atoms. The largest absolute Gasteiger partial charge is 0.378 e. The van der Waals surface area contributed by atoms with E-state index in [1.54, 1.807) is 0 Å². The number of carbonyl (C=O) groups is 1. The molecule has 0 spiro atoms. The van der Waals surface area contributed by atoms with Gasteiger partial charge in [0.25, 0.3) is 5.91 Å². The Morgan fingerprint density at radius 2 is 1.77 bits per heavy atom. The molecule has 4 rings (SSSR count). The molecule has 6 nitrogen and oxygen atoms in total. The molecule has 2 atom stereocenters. The van der Waals surface area contributed by atoms with Gasteiger partial charge in [-0.1, -0.05) is 41.6 Å². The Hall–Kier alpha value is -2.32. The summed E-state index contributed by atoms with van der Waals surface area (Å²) >= 11 is 1.40. The van der Waals surface area contributed by atoms with E-state index >= 15 is 0 Å². The van der Waals surface area contributed by atoms with Crippen LogP contribution < -0.4 is 9.80 Å². The smallest absolute Gasteiger partial charge is 0.252 e. The average Bonchev–Trinajstić information content (AvgIpc) is 3.14. The SMILES string of the molecule is Cc1ccc(CC(=O)N=C2S[C@@H]3CS(=O)(=O)C[C@H]3N2c2ccc(N(C)C)cc2)cc1. The second-order valence-corrected chi connectivity index (χ2v) is 11.4. The van der Waals surface area contributed by atoms with Crippen molar-refractivity contribution in [3.05, 3.63) is 59.7 Å². The van der Waals surface area contributed by atoms with E-state index in [1.165, 1.54) is 11.8 Å². The van der Waals surface area contributed by atoms with Gasteiger partial charge in [0.1, 0.15) is 0 Å². The van der Waals surface area contributed by atoms with Crippen LogP contribution in [0.4, 0.5) is 11.4 Å². The van der Waals surface area contributed by atoms with Gasteiger partial charge in [0.2, 0.25) is 0 Å². The summed E-state index contributed by atoms with van der Waals surface area (Å²) < 4.78 is 24.4. The number of fused-ring (bicyclic) bond motifs is 1. The number of amidine groups is 1. The van der Waals surface area contributed by atoms with Crippen LogP contribution in [0.25, 0.3) is 0 Å². The lowest BCUT2D eigenvalue weighted by Gasteiger charge is -2.25. The van der Waals surface area contributed by atoms with Crippen molar-refractivity contribution >= 4 is 44.0 Å². The molecule has 0 N–H and O–H groups in total. The predicted molar refractivity (Wildman–Crippen MR) is 124 cm³/mol. The molecule has 2 aromatic carbocycles. The number of sulfone groups is 1. The van der Waals surface area contributed by atoms with Crippen LogP contribution in [-0.4, -0.2) is 56.4 Å². The van der Waals surface area contributed by atoms with E-state index in [1.807, 2.05) is 79.3 Å². The third-order valence-electron chi connectivity index (χ3n) is 5.41. The lowest BCUT2D eigenvalue weighted by Crippen LogP contribution is -2.37. The fourth-order valence-corrected chi connectivity index (χ4v) is 7.74. The minimum atomic E-state index is -3.08. The van der Waals surface area contributed by atoms with Crippen molar-refractivity contribution in [3.8, 4) is 0 Å². The van der Waals surface area contributed by atoms with Crippen LogP contribution in [0.5, 0.6) is 0 Å². The van der Waals surface area contributed by atoms with Gasteiger partial charge in [0.15, 0.2) is 15.0 Å². The summed E-state index contributed by atoms with van der Waals surface area (Å²) in [5, 5.41) is 0.490. The van der Waals surface area contributed by atoms with Crippen LogP contribution in [0.2, 0.25) is 0 Å². The highest BCUT2D eigenvalue weighted by Crippen LogP contribution is 2.41. The van der Waals surface area contributed by atoms with Crippen LogP contribution >= 0.6 is 11.8 Å². The van der Waals surface area contributed by atoms with Gasteiger partial charge in [-0.25, -0.2) is 8.42 Å². The lowest BCUT2D eigenvalue weighted by atomic mass is 10.1. The topological polar surface area (TPSA) is 70.0 Å². The first-order valence-electron chi connectivity index (χ1n) is 9.82. The number of carbonyl (C=O) groups excluding carboxylic acids is 1. The van der Waals surface area contributed by atoms with E-state index in [0.29, 0.717) is 5.17 Å². The van der Waals surface area contributed by atoms with Crippen molar-refractivity contribution in [1.82, 2.24) is 0 Å². The van der Waals surface area contributed by atoms with Gasteiger partial charge in [0, 0.05) is 30.7 Å². The van der Waals surface area contributed by atoms with Crippen molar-refractivity contribution < 1.29 is 13.2 Å². The highest BCUT2D eigenvalue weighted by molar-refractivity contribution is 8.16. The normalized spacial score (nSPS) is 23.6. The van der Waals surface area contributed by atoms with Crippen molar-refractivity contribution in [2.24, 2.45) is 4.99 Å². The van der Waals surface area contributed by atoms with Gasteiger partial charge in [-0.05, 0) is 36.8 Å². The molecule has 2 fully saturated rings. The molecule has 2 aliphatic heterocycles.